The van der Waals surface area contributed by atoms with Crippen molar-refractivity contribution in [3.05, 3.63) is 53.6 Å². The van der Waals surface area contributed by atoms with Crippen molar-refractivity contribution in [2.24, 2.45) is 11.8 Å². The van der Waals surface area contributed by atoms with E-state index in [9.17, 15) is 14.4 Å². The molecule has 0 saturated carbocycles. The van der Waals surface area contributed by atoms with Crippen LogP contribution in [-0.4, -0.2) is 61.7 Å². The molecule has 0 aromatic heterocycles. The molecule has 0 aliphatic carbocycles. The zero-order valence-electron chi connectivity index (χ0n) is 21.8. The third kappa shape index (κ3) is 6.15. The zero-order chi connectivity index (χ0) is 26.5. The van der Waals surface area contributed by atoms with Crippen molar-refractivity contribution < 1.29 is 28.6 Å². The molecule has 9 heteroatoms. The minimum Gasteiger partial charge on any atom is -0.497 e. The molecule has 3 amide bonds. The number of nitrogens with zero attached hydrogens (tertiary/aromatic N) is 1. The van der Waals surface area contributed by atoms with E-state index in [1.165, 1.54) is 0 Å². The maximum atomic E-state index is 13.3. The Hall–Kier alpha value is -3.75. The second kappa shape index (κ2) is 11.5. The minimum atomic E-state index is -0.710. The largest absolute Gasteiger partial charge is 0.497 e. The van der Waals surface area contributed by atoms with Crippen LogP contribution in [-0.2, 0) is 4.79 Å². The van der Waals surface area contributed by atoms with Crippen molar-refractivity contribution in [1.29, 1.82) is 0 Å². The molecule has 198 valence electrons. The van der Waals surface area contributed by atoms with Gasteiger partial charge >= 0.3 is 0 Å². The van der Waals surface area contributed by atoms with Gasteiger partial charge in [-0.3, -0.25) is 14.4 Å². The number of nitrogens with one attached hydrogen (secondary N) is 2. The van der Waals surface area contributed by atoms with Crippen LogP contribution in [0.5, 0.6) is 17.2 Å². The molecule has 1 fully saturated rings. The third-order valence-corrected chi connectivity index (χ3v) is 7.21. The van der Waals surface area contributed by atoms with Gasteiger partial charge in [-0.2, -0.15) is 0 Å². The molecule has 2 aromatic rings. The number of carbonyl (C=O) groups excluding carboxylic acids is 3. The van der Waals surface area contributed by atoms with Gasteiger partial charge < -0.3 is 29.7 Å². The van der Waals surface area contributed by atoms with E-state index >= 15 is 0 Å². The maximum Gasteiger partial charge on any atom is 0.253 e. The Morgan fingerprint density at radius 3 is 2.22 bits per heavy atom. The Morgan fingerprint density at radius 1 is 0.919 bits per heavy atom. The summed E-state index contributed by atoms with van der Waals surface area (Å²) < 4.78 is 15.9. The Labute approximate surface area is 217 Å². The zero-order valence-corrected chi connectivity index (χ0v) is 21.8. The standard InChI is InChI=1S/C28H35N3O6/c1-17(2)18(3)29-27(33)25(30-26(32)20-5-8-22(35-4)9-6-20)19-11-13-31(14-12-19)28(34)21-7-10-23-24(15-21)37-16-36-23/h5-10,15,17-19,25H,11-14,16H2,1-4H3,(H,29,33)(H,30,32)/t18-,25+/m1/s1. The summed E-state index contributed by atoms with van der Waals surface area (Å²) in [5.74, 6) is 1.38. The quantitative estimate of drug-likeness (QED) is 0.566. The van der Waals surface area contributed by atoms with E-state index in [-0.39, 0.29) is 42.4 Å². The lowest BCUT2D eigenvalue weighted by atomic mass is 9.87. The van der Waals surface area contributed by atoms with Gasteiger partial charge in [0.25, 0.3) is 11.8 Å². The molecule has 2 aliphatic heterocycles. The highest BCUT2D eigenvalue weighted by Crippen LogP contribution is 2.33. The summed E-state index contributed by atoms with van der Waals surface area (Å²) in [5.41, 5.74) is 0.987. The van der Waals surface area contributed by atoms with E-state index in [0.717, 1.165) is 0 Å². The van der Waals surface area contributed by atoms with Crippen molar-refractivity contribution in [2.45, 2.75) is 45.7 Å². The van der Waals surface area contributed by atoms with Crippen LogP contribution in [0.4, 0.5) is 0 Å². The number of hydrogen-bond acceptors (Lipinski definition) is 6. The number of amides is 3. The van der Waals surface area contributed by atoms with Gasteiger partial charge in [-0.25, -0.2) is 0 Å². The van der Waals surface area contributed by atoms with E-state index in [1.807, 2.05) is 20.8 Å². The number of ether oxygens (including phenoxy) is 3. The second-order valence-corrected chi connectivity index (χ2v) is 9.92. The van der Waals surface area contributed by atoms with Crippen LogP contribution >= 0.6 is 0 Å². The number of fused-ring (bicyclic) bond motifs is 1. The number of rotatable bonds is 8. The smallest absolute Gasteiger partial charge is 0.253 e. The van der Waals surface area contributed by atoms with E-state index in [0.29, 0.717) is 54.3 Å². The molecule has 2 heterocycles. The molecule has 4 rings (SSSR count). The molecule has 0 radical (unpaired) electrons. The summed E-state index contributed by atoms with van der Waals surface area (Å²) in [7, 11) is 1.56. The molecule has 9 nitrogen and oxygen atoms in total. The molecular formula is C28H35N3O6. The molecule has 37 heavy (non-hydrogen) atoms. The van der Waals surface area contributed by atoms with Crippen molar-refractivity contribution in [1.82, 2.24) is 15.5 Å². The lowest BCUT2D eigenvalue weighted by Crippen LogP contribution is -2.55. The predicted octanol–water partition coefficient (Wildman–Crippen LogP) is 3.24. The normalized spacial score (nSPS) is 16.7. The van der Waals surface area contributed by atoms with Crippen LogP contribution in [0.3, 0.4) is 0 Å². The summed E-state index contributed by atoms with van der Waals surface area (Å²) in [6.07, 6.45) is 1.18. The highest BCUT2D eigenvalue weighted by Gasteiger charge is 2.35. The van der Waals surface area contributed by atoms with Crippen LogP contribution in [0.1, 0.15) is 54.3 Å². The van der Waals surface area contributed by atoms with Crippen LogP contribution in [0.2, 0.25) is 0 Å². The first kappa shape index (κ1) is 26.3. The van der Waals surface area contributed by atoms with Gasteiger partial charge in [0.15, 0.2) is 11.5 Å². The monoisotopic (exact) mass is 509 g/mol. The maximum absolute atomic E-state index is 13.3. The number of likely N-dealkylation sites (tertiary alicyclic amines) is 1. The highest BCUT2D eigenvalue weighted by molar-refractivity contribution is 5.98. The SMILES string of the molecule is COc1ccc(C(=O)N[C@H](C(=O)N[C@H](C)C(C)C)C2CCN(C(=O)c3ccc4c(c3)OCO4)CC2)cc1. The number of methoxy groups -OCH3 is 1. The van der Waals surface area contributed by atoms with E-state index in [2.05, 4.69) is 10.6 Å². The summed E-state index contributed by atoms with van der Waals surface area (Å²) in [4.78, 5) is 41.3. The lowest BCUT2D eigenvalue weighted by molar-refractivity contribution is -0.125. The number of hydrogen-bond donors (Lipinski definition) is 2. The molecule has 2 N–H and O–H groups in total. The summed E-state index contributed by atoms with van der Waals surface area (Å²) in [5, 5.41) is 6.02. The van der Waals surface area contributed by atoms with Crippen molar-refractivity contribution in [3.8, 4) is 17.2 Å². The minimum absolute atomic E-state index is 0.0411. The summed E-state index contributed by atoms with van der Waals surface area (Å²) in [6.45, 7) is 7.16. The molecule has 2 aliphatic rings. The fourth-order valence-corrected chi connectivity index (χ4v) is 4.49. The van der Waals surface area contributed by atoms with Crippen molar-refractivity contribution in [2.75, 3.05) is 27.0 Å². The van der Waals surface area contributed by atoms with E-state index in [1.54, 1.807) is 54.5 Å². The molecule has 1 saturated heterocycles. The molecule has 2 atom stereocenters. The van der Waals surface area contributed by atoms with Gasteiger partial charge in [0.05, 0.1) is 7.11 Å². The van der Waals surface area contributed by atoms with Gasteiger partial charge in [0, 0.05) is 30.3 Å². The highest BCUT2D eigenvalue weighted by atomic mass is 16.7. The number of benzene rings is 2. The van der Waals surface area contributed by atoms with Gasteiger partial charge in [0.1, 0.15) is 11.8 Å². The van der Waals surface area contributed by atoms with Crippen LogP contribution in [0.15, 0.2) is 42.5 Å². The first-order chi connectivity index (χ1) is 17.8. The Balaban J connectivity index is 1.44. The van der Waals surface area contributed by atoms with Crippen LogP contribution in [0.25, 0.3) is 0 Å². The Morgan fingerprint density at radius 2 is 1.57 bits per heavy atom. The molecule has 2 aromatic carbocycles. The first-order valence-electron chi connectivity index (χ1n) is 12.7. The van der Waals surface area contributed by atoms with Crippen LogP contribution in [0, 0.1) is 11.8 Å². The van der Waals surface area contributed by atoms with Gasteiger partial charge in [-0.05, 0) is 74.1 Å². The average Bonchev–Trinajstić information content (AvgIpc) is 3.39. The van der Waals surface area contributed by atoms with Gasteiger partial charge in [-0.1, -0.05) is 13.8 Å². The number of carbonyl (C=O) groups is 3. The lowest BCUT2D eigenvalue weighted by Gasteiger charge is -2.36. The molecule has 0 unspecified atom stereocenters. The topological polar surface area (TPSA) is 106 Å². The first-order valence-corrected chi connectivity index (χ1v) is 12.7. The van der Waals surface area contributed by atoms with E-state index < -0.39 is 6.04 Å². The summed E-state index contributed by atoms with van der Waals surface area (Å²) in [6, 6.07) is 11.2. The molecule has 0 spiro atoms. The average molecular weight is 510 g/mol. The fourth-order valence-electron chi connectivity index (χ4n) is 4.49. The Kier molecular flexibility index (Phi) is 8.21. The van der Waals surface area contributed by atoms with Gasteiger partial charge in [0.2, 0.25) is 12.7 Å². The number of piperidine rings is 1. The van der Waals surface area contributed by atoms with E-state index in [4.69, 9.17) is 14.2 Å². The van der Waals surface area contributed by atoms with Crippen molar-refractivity contribution in [3.63, 3.8) is 0 Å². The van der Waals surface area contributed by atoms with Gasteiger partial charge in [-0.15, -0.1) is 0 Å². The molecule has 0 bridgehead atoms. The predicted molar refractivity (Wildman–Crippen MR) is 138 cm³/mol. The summed E-state index contributed by atoms with van der Waals surface area (Å²) >= 11 is 0. The Bertz CT molecular complexity index is 1130. The van der Waals surface area contributed by atoms with Crippen LogP contribution < -0.4 is 24.8 Å². The third-order valence-electron chi connectivity index (χ3n) is 7.21. The second-order valence-electron chi connectivity index (χ2n) is 9.92. The fraction of sp³-hybridized carbons (Fsp3) is 0.464. The molecular weight excluding hydrogens is 474 g/mol. The van der Waals surface area contributed by atoms with Crippen molar-refractivity contribution >= 4 is 17.7 Å².